The Morgan fingerprint density at radius 2 is 2.08 bits per heavy atom. The van der Waals surface area contributed by atoms with Crippen LogP contribution in [0.4, 0.5) is 0 Å². The molecular formula is C7H14N2O3S. The third kappa shape index (κ3) is 9.16. The van der Waals surface area contributed by atoms with Gasteiger partial charge in [-0.05, 0) is 0 Å². The van der Waals surface area contributed by atoms with Gasteiger partial charge in [0.05, 0.1) is 6.54 Å². The van der Waals surface area contributed by atoms with E-state index in [1.165, 1.54) is 0 Å². The molecule has 0 rings (SSSR count). The van der Waals surface area contributed by atoms with Crippen LogP contribution in [-0.2, 0) is 9.59 Å². The molecule has 0 aromatic carbocycles. The number of hydrogen-bond donors (Lipinski definition) is 4. The van der Waals surface area contributed by atoms with E-state index in [9.17, 15) is 9.59 Å². The number of thiol groups is 1. The number of carbonyl (C=O) groups is 2. The quantitative estimate of drug-likeness (QED) is 0.424. The van der Waals surface area contributed by atoms with Crippen molar-refractivity contribution in [2.45, 2.75) is 12.2 Å². The first-order valence-corrected chi connectivity index (χ1v) is 4.41. The van der Waals surface area contributed by atoms with Gasteiger partial charge in [0.2, 0.25) is 5.91 Å². The summed E-state index contributed by atoms with van der Waals surface area (Å²) in [5.74, 6) is -1.37. The molecule has 1 atom stereocenters. The van der Waals surface area contributed by atoms with Gasteiger partial charge in [-0.15, -0.1) is 0 Å². The summed E-state index contributed by atoms with van der Waals surface area (Å²) < 4.78 is 0. The van der Waals surface area contributed by atoms with Crippen LogP contribution in [0.5, 0.6) is 0 Å². The van der Waals surface area contributed by atoms with Crippen LogP contribution in [-0.4, -0.2) is 41.9 Å². The number of amides is 1. The summed E-state index contributed by atoms with van der Waals surface area (Å²) in [5.41, 5.74) is 0. The number of carboxylic acids is 1. The Hall–Kier alpha value is -0.750. The summed E-state index contributed by atoms with van der Waals surface area (Å²) in [6.45, 7) is 2.30. The van der Waals surface area contributed by atoms with E-state index in [1.807, 2.05) is 6.92 Å². The van der Waals surface area contributed by atoms with Gasteiger partial charge in [-0.2, -0.15) is 12.6 Å². The third-order valence-electron chi connectivity index (χ3n) is 1.16. The predicted molar refractivity (Wildman–Crippen MR) is 52.0 cm³/mol. The van der Waals surface area contributed by atoms with Gasteiger partial charge < -0.3 is 15.7 Å². The van der Waals surface area contributed by atoms with E-state index in [1.54, 1.807) is 0 Å². The van der Waals surface area contributed by atoms with Crippen LogP contribution >= 0.6 is 12.6 Å². The fraction of sp³-hybridized carbons (Fsp3) is 0.714. The molecule has 3 N–H and O–H groups in total. The van der Waals surface area contributed by atoms with Crippen molar-refractivity contribution < 1.29 is 14.7 Å². The molecule has 0 heterocycles. The molecule has 76 valence electrons. The molecule has 0 aromatic rings. The lowest BCUT2D eigenvalue weighted by Crippen LogP contribution is -2.38. The smallest absolute Gasteiger partial charge is 0.322 e. The molecule has 0 aliphatic rings. The largest absolute Gasteiger partial charge is 0.480 e. The molecule has 0 radical (unpaired) electrons. The van der Waals surface area contributed by atoms with Crippen molar-refractivity contribution in [3.05, 3.63) is 0 Å². The Morgan fingerprint density at radius 3 is 2.54 bits per heavy atom. The number of carboxylic acid groups (broad SMARTS) is 1. The lowest BCUT2D eigenvalue weighted by Gasteiger charge is -2.06. The van der Waals surface area contributed by atoms with E-state index >= 15 is 0 Å². The zero-order valence-corrected chi connectivity index (χ0v) is 8.30. The van der Waals surface area contributed by atoms with E-state index < -0.39 is 5.97 Å². The van der Waals surface area contributed by atoms with Crippen LogP contribution in [0.3, 0.4) is 0 Å². The van der Waals surface area contributed by atoms with Gasteiger partial charge in [0.25, 0.3) is 0 Å². The maximum atomic E-state index is 10.9. The van der Waals surface area contributed by atoms with E-state index in [4.69, 9.17) is 5.11 Å². The molecule has 5 nitrogen and oxygen atoms in total. The van der Waals surface area contributed by atoms with Crippen LogP contribution in [0, 0.1) is 0 Å². The molecule has 0 aliphatic heterocycles. The summed E-state index contributed by atoms with van der Waals surface area (Å²) in [7, 11) is 0. The molecule has 0 spiro atoms. The van der Waals surface area contributed by atoms with E-state index in [2.05, 4.69) is 23.3 Å². The van der Waals surface area contributed by atoms with Crippen LogP contribution in [0.1, 0.15) is 6.92 Å². The average Bonchev–Trinajstić information content (AvgIpc) is 2.00. The summed E-state index contributed by atoms with van der Waals surface area (Å²) >= 11 is 4.10. The van der Waals surface area contributed by atoms with Crippen molar-refractivity contribution in [1.82, 2.24) is 10.6 Å². The van der Waals surface area contributed by atoms with Crippen molar-refractivity contribution in [3.63, 3.8) is 0 Å². The molecule has 0 saturated carbocycles. The first-order valence-electron chi connectivity index (χ1n) is 3.89. The number of hydrogen-bond acceptors (Lipinski definition) is 4. The monoisotopic (exact) mass is 206 g/mol. The lowest BCUT2D eigenvalue weighted by molar-refractivity contribution is -0.137. The van der Waals surface area contributed by atoms with Gasteiger partial charge in [0.1, 0.15) is 6.54 Å². The van der Waals surface area contributed by atoms with Crippen molar-refractivity contribution in [2.75, 3.05) is 19.6 Å². The molecule has 0 aliphatic carbocycles. The molecule has 13 heavy (non-hydrogen) atoms. The molecule has 0 bridgehead atoms. The van der Waals surface area contributed by atoms with Crippen LogP contribution < -0.4 is 10.6 Å². The van der Waals surface area contributed by atoms with Gasteiger partial charge in [0, 0.05) is 11.8 Å². The zero-order chi connectivity index (χ0) is 10.3. The summed E-state index contributed by atoms with van der Waals surface area (Å²) in [5, 5.41) is 13.5. The number of nitrogens with one attached hydrogen (secondary N) is 2. The van der Waals surface area contributed by atoms with Gasteiger partial charge in [-0.3, -0.25) is 9.59 Å². The van der Waals surface area contributed by atoms with E-state index in [0.717, 1.165) is 0 Å². The summed E-state index contributed by atoms with van der Waals surface area (Å²) in [6, 6.07) is 0. The molecule has 1 unspecified atom stereocenters. The van der Waals surface area contributed by atoms with Crippen LogP contribution in [0.2, 0.25) is 0 Å². The fourth-order valence-corrected chi connectivity index (χ4v) is 0.760. The normalized spacial score (nSPS) is 12.2. The van der Waals surface area contributed by atoms with Crippen molar-refractivity contribution in [1.29, 1.82) is 0 Å². The van der Waals surface area contributed by atoms with Gasteiger partial charge in [-0.25, -0.2) is 0 Å². The second kappa shape index (κ2) is 6.73. The molecular weight excluding hydrogens is 192 g/mol. The Morgan fingerprint density at radius 1 is 1.46 bits per heavy atom. The maximum absolute atomic E-state index is 10.9. The van der Waals surface area contributed by atoms with Crippen LogP contribution in [0.25, 0.3) is 0 Å². The lowest BCUT2D eigenvalue weighted by atomic mass is 10.4. The highest BCUT2D eigenvalue weighted by atomic mass is 32.1. The maximum Gasteiger partial charge on any atom is 0.322 e. The molecule has 1 amide bonds. The number of aliphatic carboxylic acids is 1. The van der Waals surface area contributed by atoms with E-state index in [-0.39, 0.29) is 24.2 Å². The Kier molecular flexibility index (Phi) is 6.34. The Bertz CT molecular complexity index is 185. The van der Waals surface area contributed by atoms with Gasteiger partial charge >= 0.3 is 5.97 Å². The molecule has 0 fully saturated rings. The van der Waals surface area contributed by atoms with E-state index in [0.29, 0.717) is 6.54 Å². The third-order valence-corrected chi connectivity index (χ3v) is 1.34. The number of carbonyl (C=O) groups excluding carboxylic acids is 1. The SMILES string of the molecule is CC(S)CNCC(=O)NCC(=O)O. The highest BCUT2D eigenvalue weighted by Crippen LogP contribution is 1.87. The summed E-state index contributed by atoms with van der Waals surface area (Å²) in [4.78, 5) is 20.9. The second-order valence-electron chi connectivity index (χ2n) is 2.65. The predicted octanol–water partition coefficient (Wildman–Crippen LogP) is -0.905. The highest BCUT2D eigenvalue weighted by Gasteiger charge is 2.03. The summed E-state index contributed by atoms with van der Waals surface area (Å²) in [6.07, 6.45) is 0. The van der Waals surface area contributed by atoms with Gasteiger partial charge in [0.15, 0.2) is 0 Å². The Labute approximate surface area is 82.3 Å². The fourth-order valence-electron chi connectivity index (χ4n) is 0.631. The minimum atomic E-state index is -1.05. The highest BCUT2D eigenvalue weighted by molar-refractivity contribution is 7.80. The average molecular weight is 206 g/mol. The Balaban J connectivity index is 3.36. The van der Waals surface area contributed by atoms with Crippen LogP contribution in [0.15, 0.2) is 0 Å². The molecule has 0 aromatic heterocycles. The topological polar surface area (TPSA) is 78.4 Å². The first kappa shape index (κ1) is 12.2. The van der Waals surface area contributed by atoms with Gasteiger partial charge in [-0.1, -0.05) is 6.92 Å². The minimum Gasteiger partial charge on any atom is -0.480 e. The number of rotatable bonds is 6. The van der Waals surface area contributed by atoms with Crippen molar-refractivity contribution in [2.24, 2.45) is 0 Å². The van der Waals surface area contributed by atoms with Crippen molar-refractivity contribution >= 4 is 24.5 Å². The molecule has 6 heteroatoms. The molecule has 0 saturated heterocycles. The second-order valence-corrected chi connectivity index (χ2v) is 3.53. The standard InChI is InChI=1S/C7H14N2O3S/c1-5(13)2-8-3-6(10)9-4-7(11)12/h5,8,13H,2-4H2,1H3,(H,9,10)(H,11,12). The zero-order valence-electron chi connectivity index (χ0n) is 7.41. The first-order chi connectivity index (χ1) is 6.02. The van der Waals surface area contributed by atoms with Crippen molar-refractivity contribution in [3.8, 4) is 0 Å². The minimum absolute atomic E-state index is 0.123.